The predicted octanol–water partition coefficient (Wildman–Crippen LogP) is -1.26. The fourth-order valence-corrected chi connectivity index (χ4v) is 0. The molecule has 4 heavy (non-hydrogen) atoms. The second kappa shape index (κ2) is 20.9. The van der Waals surface area contributed by atoms with Crippen LogP contribution in [-0.2, 0) is 3.74 Å². The summed E-state index contributed by atoms with van der Waals surface area (Å²) in [7, 11) is 0. The first-order valence-electron chi connectivity index (χ1n) is 0.183. The zero-order valence-corrected chi connectivity index (χ0v) is 9.61. The molecule has 0 amide bonds. The summed E-state index contributed by atoms with van der Waals surface area (Å²) in [6, 6.07) is 0. The van der Waals surface area contributed by atoms with Crippen LogP contribution in [0, 0.1) is 0 Å². The van der Waals surface area contributed by atoms with Crippen LogP contribution >= 0.6 is 0 Å². The molecule has 0 bridgehead atoms. The Bertz CT molecular complexity index is 8.00. The smallest absolute Gasteiger partial charge is 0 e. The fourth-order valence-electron chi connectivity index (χ4n) is 0. The molecule has 0 saturated heterocycles. The minimum absolute atomic E-state index is 0. The van der Waals surface area contributed by atoms with E-state index in [1.165, 1.54) is 0 Å². The van der Waals surface area contributed by atoms with Crippen LogP contribution in [0.15, 0.2) is 0 Å². The van der Waals surface area contributed by atoms with Gasteiger partial charge in [-0.2, -0.15) is 0 Å². The third-order valence-electron chi connectivity index (χ3n) is 0. The average molecular weight is 275 g/mol. The van der Waals surface area contributed by atoms with Crippen LogP contribution in [0.2, 0.25) is 0 Å². The Labute approximate surface area is 65.5 Å². The van der Waals surface area contributed by atoms with Crippen LogP contribution in [0.25, 0.3) is 0 Å². The van der Waals surface area contributed by atoms with E-state index in [9.17, 15) is 0 Å². The van der Waals surface area contributed by atoms with E-state index in [0.717, 1.165) is 16.8 Å². The van der Waals surface area contributed by atoms with Crippen molar-refractivity contribution >= 4 is 62.4 Å². The standard InChI is InChI=1S/AsO.Ga.In/c1-2;;. The van der Waals surface area contributed by atoms with Crippen molar-refractivity contribution in [3.63, 3.8) is 0 Å². The van der Waals surface area contributed by atoms with Crippen molar-refractivity contribution in [2.75, 3.05) is 0 Å². The van der Waals surface area contributed by atoms with Gasteiger partial charge in [0.05, 0.1) is 0 Å². The Hall–Kier alpha value is 1.86. The van der Waals surface area contributed by atoms with Crippen LogP contribution in [0.4, 0.5) is 0 Å². The van der Waals surface area contributed by atoms with E-state index in [4.69, 9.17) is 3.74 Å². The van der Waals surface area contributed by atoms with Gasteiger partial charge in [0.15, 0.2) is 0 Å². The molecule has 17 valence electrons. The van der Waals surface area contributed by atoms with Gasteiger partial charge in [-0.05, 0) is 0 Å². The Kier molecular flexibility index (Phi) is 88.3. The van der Waals surface area contributed by atoms with E-state index >= 15 is 0 Å². The first kappa shape index (κ1) is 16.9. The van der Waals surface area contributed by atoms with Gasteiger partial charge in [-0.1, -0.05) is 0 Å². The summed E-state index contributed by atoms with van der Waals surface area (Å²) in [6.07, 6.45) is 0. The molecule has 7 radical (unpaired) electrons. The van der Waals surface area contributed by atoms with Crippen molar-refractivity contribution in [2.45, 2.75) is 0 Å². The van der Waals surface area contributed by atoms with Gasteiger partial charge in [0.25, 0.3) is 0 Å². The first-order chi connectivity index (χ1) is 1.00. The zero-order valence-electron chi connectivity index (χ0n) is 2.01. The van der Waals surface area contributed by atoms with Gasteiger partial charge in [0.2, 0.25) is 0 Å². The van der Waals surface area contributed by atoms with Crippen molar-refractivity contribution in [2.24, 2.45) is 0 Å². The van der Waals surface area contributed by atoms with Crippen LogP contribution < -0.4 is 0 Å². The molecular formula is AsGaInO. The quantitative estimate of drug-likeness (QED) is 0.504. The second-order valence-electron chi connectivity index (χ2n) is 0. The van der Waals surface area contributed by atoms with Gasteiger partial charge in [-0.3, -0.25) is 0 Å². The summed E-state index contributed by atoms with van der Waals surface area (Å²) in [5.41, 5.74) is 0. The van der Waals surface area contributed by atoms with E-state index < -0.39 is 0 Å². The summed E-state index contributed by atoms with van der Waals surface area (Å²) in [4.78, 5) is 0. The van der Waals surface area contributed by atoms with Crippen molar-refractivity contribution < 1.29 is 3.74 Å². The Morgan fingerprint density at radius 1 is 1.25 bits per heavy atom. The summed E-state index contributed by atoms with van der Waals surface area (Å²) < 4.78 is 8.19. The Morgan fingerprint density at radius 3 is 1.25 bits per heavy atom. The molecule has 0 aromatic rings. The fraction of sp³-hybridized carbons (Fsp3) is 0. The minimum atomic E-state index is 0. The molecule has 0 fully saturated rings. The molecule has 0 unspecified atom stereocenters. The van der Waals surface area contributed by atoms with Crippen LogP contribution in [0.1, 0.15) is 0 Å². The first-order valence-corrected chi connectivity index (χ1v) is 0.949. The molecule has 0 saturated carbocycles. The molecule has 0 aromatic heterocycles. The molecule has 0 N–H and O–H groups in total. The third-order valence-corrected chi connectivity index (χ3v) is 0. The SMILES string of the molecule is O=[As].[Ga].[In]. The van der Waals surface area contributed by atoms with E-state index in [2.05, 4.69) is 0 Å². The summed E-state index contributed by atoms with van der Waals surface area (Å²) >= 11 is 1.06. The van der Waals surface area contributed by atoms with Crippen LogP contribution in [-0.4, -0.2) is 62.4 Å². The van der Waals surface area contributed by atoms with E-state index in [1.807, 2.05) is 0 Å². The molecule has 0 atom stereocenters. The van der Waals surface area contributed by atoms with Gasteiger partial charge in [0, 0.05) is 45.6 Å². The summed E-state index contributed by atoms with van der Waals surface area (Å²) in [5.74, 6) is 0. The normalized spacial score (nSPS) is 1.00. The van der Waals surface area contributed by atoms with Crippen LogP contribution in [0.5, 0.6) is 0 Å². The predicted molar refractivity (Wildman–Crippen MR) is 17.9 cm³/mol. The van der Waals surface area contributed by atoms with E-state index in [1.54, 1.807) is 0 Å². The van der Waals surface area contributed by atoms with Crippen molar-refractivity contribution in [3.05, 3.63) is 0 Å². The number of rotatable bonds is 0. The molecule has 0 spiro atoms. The molecule has 0 rings (SSSR count). The van der Waals surface area contributed by atoms with Gasteiger partial charge in [0.1, 0.15) is 0 Å². The van der Waals surface area contributed by atoms with E-state index in [-0.39, 0.29) is 45.6 Å². The maximum absolute atomic E-state index is 8.19. The molecule has 4 heteroatoms. The third kappa shape index (κ3) is 9.12. The van der Waals surface area contributed by atoms with Crippen molar-refractivity contribution in [1.29, 1.82) is 0 Å². The summed E-state index contributed by atoms with van der Waals surface area (Å²) in [6.45, 7) is 0. The molecule has 0 heterocycles. The second-order valence-corrected chi connectivity index (χ2v) is 0. The van der Waals surface area contributed by atoms with Gasteiger partial charge in [-0.15, -0.1) is 0 Å². The Balaban J connectivity index is -0.00000000500. The molecule has 0 aliphatic carbocycles. The number of hydrogen-bond donors (Lipinski definition) is 0. The topological polar surface area (TPSA) is 17.1 Å². The zero-order chi connectivity index (χ0) is 2.00. The molecule has 0 aliphatic heterocycles. The molecule has 1 nitrogen and oxygen atoms in total. The largest absolute Gasteiger partial charge is 0 e. The number of hydrogen-bond acceptors (Lipinski definition) is 1. The maximum atomic E-state index is 8.19. The maximum Gasteiger partial charge on any atom is 0 e. The van der Waals surface area contributed by atoms with Gasteiger partial charge in [-0.25, -0.2) is 0 Å². The van der Waals surface area contributed by atoms with Crippen molar-refractivity contribution in [1.82, 2.24) is 0 Å². The van der Waals surface area contributed by atoms with Crippen LogP contribution in [0.3, 0.4) is 0 Å². The van der Waals surface area contributed by atoms with E-state index in [0.29, 0.717) is 0 Å². The van der Waals surface area contributed by atoms with Gasteiger partial charge >= 0.3 is 20.5 Å². The summed E-state index contributed by atoms with van der Waals surface area (Å²) in [5, 5.41) is 0. The average Bonchev–Trinajstić information content (AvgIpc) is 1.00. The van der Waals surface area contributed by atoms with Crippen molar-refractivity contribution in [3.8, 4) is 0 Å². The Morgan fingerprint density at radius 2 is 1.25 bits per heavy atom. The molecular weight excluding hydrogens is 275 g/mol. The monoisotopic (exact) mass is 275 g/mol. The minimum Gasteiger partial charge on any atom is 0 e. The molecule has 0 aliphatic rings. The molecule has 0 aromatic carbocycles. The van der Waals surface area contributed by atoms with Gasteiger partial charge < -0.3 is 0 Å².